The Morgan fingerprint density at radius 3 is 2.85 bits per heavy atom. The van der Waals surface area contributed by atoms with E-state index in [0.29, 0.717) is 11.1 Å². The summed E-state index contributed by atoms with van der Waals surface area (Å²) < 4.78 is 2.03. The van der Waals surface area contributed by atoms with Gasteiger partial charge in [-0.2, -0.15) is 0 Å². The summed E-state index contributed by atoms with van der Waals surface area (Å²) in [4.78, 5) is 9.11. The molecule has 0 amide bonds. The van der Waals surface area contributed by atoms with E-state index in [1.54, 1.807) is 6.20 Å². The Balaban J connectivity index is 2.20. The van der Waals surface area contributed by atoms with Gasteiger partial charge in [0, 0.05) is 23.5 Å². The number of benzene rings is 1. The van der Waals surface area contributed by atoms with E-state index in [9.17, 15) is 0 Å². The maximum atomic E-state index is 6.08. The first kappa shape index (κ1) is 13.2. The molecule has 0 aliphatic carbocycles. The largest absolute Gasteiger partial charge is 0.364 e. The molecule has 0 saturated heterocycles. The number of anilines is 1. The van der Waals surface area contributed by atoms with E-state index in [1.807, 2.05) is 28.8 Å². The molecule has 5 heteroatoms. The van der Waals surface area contributed by atoms with Gasteiger partial charge in [-0.3, -0.25) is 4.40 Å². The van der Waals surface area contributed by atoms with Crippen molar-refractivity contribution in [1.29, 1.82) is 0 Å². The van der Waals surface area contributed by atoms with E-state index in [2.05, 4.69) is 24.1 Å². The van der Waals surface area contributed by atoms with Crippen molar-refractivity contribution in [1.82, 2.24) is 14.4 Å². The van der Waals surface area contributed by atoms with E-state index in [4.69, 9.17) is 16.6 Å². The van der Waals surface area contributed by atoms with Crippen molar-refractivity contribution >= 4 is 34.1 Å². The highest BCUT2D eigenvalue weighted by Gasteiger charge is 2.12. The Hall–Kier alpha value is -1.81. The zero-order valence-electron chi connectivity index (χ0n) is 11.6. The van der Waals surface area contributed by atoms with Crippen LogP contribution in [0.3, 0.4) is 0 Å². The van der Waals surface area contributed by atoms with Crippen molar-refractivity contribution in [3.8, 4) is 0 Å². The Labute approximate surface area is 122 Å². The topological polar surface area (TPSA) is 42.2 Å². The van der Waals surface area contributed by atoms with Crippen LogP contribution in [-0.4, -0.2) is 20.4 Å². The first-order valence-corrected chi connectivity index (χ1v) is 7.29. The predicted molar refractivity (Wildman–Crippen MR) is 83.5 cm³/mol. The molecule has 0 aliphatic rings. The molecule has 1 N–H and O–H groups in total. The average Bonchev–Trinajstić information content (AvgIpc) is 2.95. The zero-order chi connectivity index (χ0) is 14.1. The minimum absolute atomic E-state index is 0.410. The van der Waals surface area contributed by atoms with Gasteiger partial charge in [-0.25, -0.2) is 9.97 Å². The SMILES string of the molecule is CCC(CC)Nc1nc2ccc(Cl)cc2n2ccnc12. The molecule has 104 valence electrons. The van der Waals surface area contributed by atoms with E-state index in [-0.39, 0.29) is 0 Å². The lowest BCUT2D eigenvalue weighted by Gasteiger charge is -2.16. The van der Waals surface area contributed by atoms with Gasteiger partial charge < -0.3 is 5.32 Å². The summed E-state index contributed by atoms with van der Waals surface area (Å²) in [6, 6.07) is 6.13. The highest BCUT2D eigenvalue weighted by atomic mass is 35.5. The summed E-state index contributed by atoms with van der Waals surface area (Å²) in [6.45, 7) is 4.34. The molecule has 0 atom stereocenters. The smallest absolute Gasteiger partial charge is 0.180 e. The summed E-state index contributed by atoms with van der Waals surface area (Å²) >= 11 is 6.08. The van der Waals surface area contributed by atoms with Crippen LogP contribution in [-0.2, 0) is 0 Å². The third-order valence-electron chi connectivity index (χ3n) is 3.61. The second-order valence-electron chi connectivity index (χ2n) is 4.87. The number of imidazole rings is 1. The van der Waals surface area contributed by atoms with Crippen molar-refractivity contribution in [2.45, 2.75) is 32.7 Å². The molecule has 0 spiro atoms. The van der Waals surface area contributed by atoms with Gasteiger partial charge in [0.15, 0.2) is 11.5 Å². The van der Waals surface area contributed by atoms with Crippen LogP contribution in [0, 0.1) is 0 Å². The van der Waals surface area contributed by atoms with Crippen LogP contribution < -0.4 is 5.32 Å². The Bertz CT molecular complexity index is 746. The van der Waals surface area contributed by atoms with Crippen molar-refractivity contribution in [2.24, 2.45) is 0 Å². The fourth-order valence-electron chi connectivity index (χ4n) is 2.41. The van der Waals surface area contributed by atoms with Gasteiger partial charge in [-0.1, -0.05) is 25.4 Å². The molecule has 2 aromatic heterocycles. The molecule has 20 heavy (non-hydrogen) atoms. The number of nitrogens with one attached hydrogen (secondary N) is 1. The van der Waals surface area contributed by atoms with E-state index >= 15 is 0 Å². The number of nitrogens with zero attached hydrogens (tertiary/aromatic N) is 3. The predicted octanol–water partition coefficient (Wildman–Crippen LogP) is 4.14. The molecule has 0 aliphatic heterocycles. The molecule has 0 bridgehead atoms. The summed E-state index contributed by atoms with van der Waals surface area (Å²) in [7, 11) is 0. The number of halogens is 1. The lowest BCUT2D eigenvalue weighted by atomic mass is 10.2. The Morgan fingerprint density at radius 1 is 1.30 bits per heavy atom. The number of hydrogen-bond donors (Lipinski definition) is 1. The third-order valence-corrected chi connectivity index (χ3v) is 3.84. The second-order valence-corrected chi connectivity index (χ2v) is 5.31. The van der Waals surface area contributed by atoms with Gasteiger partial charge in [0.1, 0.15) is 0 Å². The van der Waals surface area contributed by atoms with E-state index in [1.165, 1.54) is 0 Å². The van der Waals surface area contributed by atoms with Crippen LogP contribution in [0.15, 0.2) is 30.6 Å². The van der Waals surface area contributed by atoms with Crippen LogP contribution in [0.2, 0.25) is 5.02 Å². The van der Waals surface area contributed by atoms with Gasteiger partial charge >= 0.3 is 0 Å². The quantitative estimate of drug-likeness (QED) is 0.784. The van der Waals surface area contributed by atoms with E-state index < -0.39 is 0 Å². The molecule has 4 nitrogen and oxygen atoms in total. The maximum absolute atomic E-state index is 6.08. The molecule has 0 unspecified atom stereocenters. The third kappa shape index (κ3) is 2.20. The second kappa shape index (κ2) is 5.29. The van der Waals surface area contributed by atoms with Crippen molar-refractivity contribution in [2.75, 3.05) is 5.32 Å². The first-order chi connectivity index (χ1) is 9.72. The minimum Gasteiger partial charge on any atom is -0.364 e. The van der Waals surface area contributed by atoms with Crippen LogP contribution in [0.5, 0.6) is 0 Å². The lowest BCUT2D eigenvalue weighted by molar-refractivity contribution is 0.669. The number of rotatable bonds is 4. The summed E-state index contributed by atoms with van der Waals surface area (Å²) in [5, 5.41) is 4.19. The van der Waals surface area contributed by atoms with Crippen LogP contribution in [0.1, 0.15) is 26.7 Å². The Morgan fingerprint density at radius 2 is 2.10 bits per heavy atom. The molecule has 0 fully saturated rings. The van der Waals surface area contributed by atoms with Gasteiger partial charge in [0.05, 0.1) is 11.0 Å². The average molecular weight is 289 g/mol. The molecular formula is C15H17ClN4. The lowest BCUT2D eigenvalue weighted by Crippen LogP contribution is -2.18. The zero-order valence-corrected chi connectivity index (χ0v) is 12.4. The maximum Gasteiger partial charge on any atom is 0.180 e. The molecule has 0 radical (unpaired) electrons. The van der Waals surface area contributed by atoms with Gasteiger partial charge in [0.2, 0.25) is 0 Å². The molecule has 3 rings (SSSR count). The number of aromatic nitrogens is 3. The first-order valence-electron chi connectivity index (χ1n) is 6.91. The minimum atomic E-state index is 0.410. The monoisotopic (exact) mass is 288 g/mol. The van der Waals surface area contributed by atoms with Gasteiger partial charge in [-0.15, -0.1) is 0 Å². The molecule has 0 saturated carbocycles. The van der Waals surface area contributed by atoms with Gasteiger partial charge in [0.25, 0.3) is 0 Å². The number of fused-ring (bicyclic) bond motifs is 3. The highest BCUT2D eigenvalue weighted by molar-refractivity contribution is 6.31. The molecule has 1 aromatic carbocycles. The van der Waals surface area contributed by atoms with E-state index in [0.717, 1.165) is 35.3 Å². The van der Waals surface area contributed by atoms with Crippen molar-refractivity contribution in [3.05, 3.63) is 35.6 Å². The van der Waals surface area contributed by atoms with Gasteiger partial charge in [-0.05, 0) is 31.0 Å². The molecule has 2 heterocycles. The molecule has 3 aromatic rings. The van der Waals surface area contributed by atoms with Crippen molar-refractivity contribution in [3.63, 3.8) is 0 Å². The van der Waals surface area contributed by atoms with Crippen LogP contribution >= 0.6 is 11.6 Å². The highest BCUT2D eigenvalue weighted by Crippen LogP contribution is 2.24. The fourth-order valence-corrected chi connectivity index (χ4v) is 2.58. The van der Waals surface area contributed by atoms with Crippen LogP contribution in [0.25, 0.3) is 16.7 Å². The Kier molecular flexibility index (Phi) is 3.49. The number of hydrogen-bond acceptors (Lipinski definition) is 3. The van der Waals surface area contributed by atoms with Crippen LogP contribution in [0.4, 0.5) is 5.82 Å². The van der Waals surface area contributed by atoms with Crippen molar-refractivity contribution < 1.29 is 0 Å². The molecular weight excluding hydrogens is 272 g/mol. The fraction of sp³-hybridized carbons (Fsp3) is 0.333. The summed E-state index contributed by atoms with van der Waals surface area (Å²) in [5.41, 5.74) is 2.72. The summed E-state index contributed by atoms with van der Waals surface area (Å²) in [6.07, 6.45) is 5.84. The normalized spacial score (nSPS) is 11.6. The summed E-state index contributed by atoms with van der Waals surface area (Å²) in [5.74, 6) is 0.832. The standard InChI is InChI=1S/C15H17ClN4/c1-3-11(4-2)18-14-15-17-7-8-20(15)13-9-10(16)5-6-12(13)19-14/h5-9,11H,3-4H2,1-2H3,(H,18,19).